The Bertz CT molecular complexity index is 836. The van der Waals surface area contributed by atoms with Crippen LogP contribution in [0.5, 0.6) is 0 Å². The van der Waals surface area contributed by atoms with Gasteiger partial charge in [-0.3, -0.25) is 14.5 Å². The molecule has 0 bridgehead atoms. The molecule has 26 heavy (non-hydrogen) atoms. The van der Waals surface area contributed by atoms with Gasteiger partial charge in [0.15, 0.2) is 11.3 Å². The number of fused-ring (bicyclic) bond motifs is 1. The van der Waals surface area contributed by atoms with E-state index in [1.807, 2.05) is 19.1 Å². The van der Waals surface area contributed by atoms with Gasteiger partial charge in [0, 0.05) is 30.4 Å². The second-order valence-electron chi connectivity index (χ2n) is 7.51. The fraction of sp³-hybridized carbons (Fsp3) is 0.526. The van der Waals surface area contributed by atoms with Gasteiger partial charge in [-0.15, -0.1) is 0 Å². The zero-order valence-electron chi connectivity index (χ0n) is 14.8. The van der Waals surface area contributed by atoms with Gasteiger partial charge < -0.3 is 14.8 Å². The van der Waals surface area contributed by atoms with E-state index in [9.17, 15) is 9.59 Å². The van der Waals surface area contributed by atoms with Crippen molar-refractivity contribution in [3.8, 4) is 0 Å². The molecule has 0 spiro atoms. The highest BCUT2D eigenvalue weighted by molar-refractivity contribution is 5.95. The summed E-state index contributed by atoms with van der Waals surface area (Å²) in [5.41, 5.74) is 2.16. The summed E-state index contributed by atoms with van der Waals surface area (Å²) in [6.45, 7) is 2.83. The molecule has 2 aromatic rings. The third kappa shape index (κ3) is 3.72. The Morgan fingerprint density at radius 2 is 2.12 bits per heavy atom. The minimum atomic E-state index is -0.789. The van der Waals surface area contributed by atoms with Gasteiger partial charge in [-0.1, -0.05) is 0 Å². The van der Waals surface area contributed by atoms with E-state index < -0.39 is 5.97 Å². The van der Waals surface area contributed by atoms with Crippen LogP contribution >= 0.6 is 0 Å². The number of furan rings is 1. The first-order valence-corrected chi connectivity index (χ1v) is 9.12. The van der Waals surface area contributed by atoms with E-state index in [-0.39, 0.29) is 30.3 Å². The second-order valence-corrected chi connectivity index (χ2v) is 7.51. The first-order valence-electron chi connectivity index (χ1n) is 9.12. The van der Waals surface area contributed by atoms with Crippen LogP contribution in [0.2, 0.25) is 0 Å². The number of aromatic nitrogens is 1. The Balaban J connectivity index is 1.33. The topological polar surface area (TPSA) is 95.7 Å². The standard InChI is InChI=1S/C19H23N3O4/c1-11-2-5-16-15(20-11)8-17(26-16)19(25)21-13-6-14(7-13)22(10-18(23)24)9-12-3-4-12/h2,5,8,12-14H,3-4,6-7,9-10H2,1H3,(H,21,25)(H,23,24). The molecular weight excluding hydrogens is 334 g/mol. The third-order valence-corrected chi connectivity index (χ3v) is 5.23. The molecule has 7 heteroatoms. The van der Waals surface area contributed by atoms with Crippen LogP contribution in [0.4, 0.5) is 0 Å². The monoisotopic (exact) mass is 357 g/mol. The molecule has 0 aromatic carbocycles. The van der Waals surface area contributed by atoms with E-state index >= 15 is 0 Å². The number of carboxylic acids is 1. The quantitative estimate of drug-likeness (QED) is 0.789. The van der Waals surface area contributed by atoms with Gasteiger partial charge in [-0.05, 0) is 50.7 Å². The number of hydrogen-bond acceptors (Lipinski definition) is 5. The number of nitrogens with zero attached hydrogens (tertiary/aromatic N) is 2. The van der Waals surface area contributed by atoms with Crippen molar-refractivity contribution in [2.75, 3.05) is 13.1 Å². The first kappa shape index (κ1) is 17.0. The second kappa shape index (κ2) is 6.72. The maximum atomic E-state index is 12.4. The fourth-order valence-corrected chi connectivity index (χ4v) is 3.55. The average Bonchev–Trinajstić information content (AvgIpc) is 3.25. The zero-order chi connectivity index (χ0) is 18.3. The summed E-state index contributed by atoms with van der Waals surface area (Å²) >= 11 is 0. The molecule has 2 aromatic heterocycles. The van der Waals surface area contributed by atoms with E-state index in [0.717, 1.165) is 25.1 Å². The first-order chi connectivity index (χ1) is 12.5. The molecule has 0 radical (unpaired) electrons. The fourth-order valence-electron chi connectivity index (χ4n) is 3.55. The number of carboxylic acid groups (broad SMARTS) is 1. The van der Waals surface area contributed by atoms with Crippen molar-refractivity contribution >= 4 is 23.0 Å². The van der Waals surface area contributed by atoms with Crippen molar-refractivity contribution in [2.45, 2.75) is 44.7 Å². The minimum absolute atomic E-state index is 0.0610. The number of aliphatic carboxylic acids is 1. The molecule has 138 valence electrons. The van der Waals surface area contributed by atoms with E-state index in [1.165, 1.54) is 12.8 Å². The molecule has 2 N–H and O–H groups in total. The van der Waals surface area contributed by atoms with Crippen LogP contribution in [0.15, 0.2) is 22.6 Å². The maximum Gasteiger partial charge on any atom is 0.317 e. The van der Waals surface area contributed by atoms with Gasteiger partial charge in [0.05, 0.1) is 6.54 Å². The van der Waals surface area contributed by atoms with Crippen LogP contribution < -0.4 is 5.32 Å². The summed E-state index contributed by atoms with van der Waals surface area (Å²) in [5.74, 6) is -0.115. The number of carbonyl (C=O) groups excluding carboxylic acids is 1. The molecule has 0 atom stereocenters. The maximum absolute atomic E-state index is 12.4. The van der Waals surface area contributed by atoms with Crippen LogP contribution in [0.3, 0.4) is 0 Å². The zero-order valence-corrected chi connectivity index (χ0v) is 14.8. The lowest BCUT2D eigenvalue weighted by molar-refractivity contribution is -0.139. The summed E-state index contributed by atoms with van der Waals surface area (Å²) in [4.78, 5) is 29.9. The summed E-state index contributed by atoms with van der Waals surface area (Å²) < 4.78 is 5.58. The molecule has 2 saturated carbocycles. The highest BCUT2D eigenvalue weighted by atomic mass is 16.4. The molecule has 2 aliphatic rings. The lowest BCUT2D eigenvalue weighted by Crippen LogP contribution is -2.55. The molecular formula is C19H23N3O4. The van der Waals surface area contributed by atoms with Crippen LogP contribution in [-0.4, -0.2) is 52.0 Å². The van der Waals surface area contributed by atoms with Gasteiger partial charge in [0.25, 0.3) is 5.91 Å². The number of amides is 1. The SMILES string of the molecule is Cc1ccc2oc(C(=O)NC3CC(N(CC(=O)O)CC4CC4)C3)cc2n1. The van der Waals surface area contributed by atoms with Crippen LogP contribution in [0, 0.1) is 12.8 Å². The number of nitrogens with one attached hydrogen (secondary N) is 1. The predicted octanol–water partition coefficient (Wildman–Crippen LogP) is 2.19. The molecule has 0 unspecified atom stereocenters. The number of hydrogen-bond donors (Lipinski definition) is 2. The highest BCUT2D eigenvalue weighted by Crippen LogP contribution is 2.34. The molecule has 4 rings (SSSR count). The largest absolute Gasteiger partial charge is 0.480 e. The van der Waals surface area contributed by atoms with E-state index in [2.05, 4.69) is 15.2 Å². The molecule has 2 fully saturated rings. The van der Waals surface area contributed by atoms with Gasteiger partial charge in [0.2, 0.25) is 0 Å². The van der Waals surface area contributed by atoms with Crippen LogP contribution in [-0.2, 0) is 4.79 Å². The molecule has 2 heterocycles. The molecule has 7 nitrogen and oxygen atoms in total. The summed E-state index contributed by atoms with van der Waals surface area (Å²) in [7, 11) is 0. The Labute approximate surface area is 151 Å². The number of pyridine rings is 1. The van der Waals surface area contributed by atoms with Crippen molar-refractivity contribution in [1.82, 2.24) is 15.2 Å². The molecule has 2 aliphatic carbocycles. The lowest BCUT2D eigenvalue weighted by Gasteiger charge is -2.42. The normalized spacial score (nSPS) is 22.4. The van der Waals surface area contributed by atoms with Crippen molar-refractivity contribution < 1.29 is 19.1 Å². The van der Waals surface area contributed by atoms with Gasteiger partial charge in [0.1, 0.15) is 5.52 Å². The number of aryl methyl sites for hydroxylation is 1. The van der Waals surface area contributed by atoms with Crippen molar-refractivity contribution in [1.29, 1.82) is 0 Å². The third-order valence-electron chi connectivity index (χ3n) is 5.23. The Morgan fingerprint density at radius 1 is 1.35 bits per heavy atom. The van der Waals surface area contributed by atoms with Gasteiger partial charge >= 0.3 is 5.97 Å². The van der Waals surface area contributed by atoms with Crippen molar-refractivity contribution in [2.24, 2.45) is 5.92 Å². The van der Waals surface area contributed by atoms with E-state index in [4.69, 9.17) is 9.52 Å². The summed E-state index contributed by atoms with van der Waals surface area (Å²) in [6.07, 6.45) is 3.96. The Kier molecular flexibility index (Phi) is 4.40. The van der Waals surface area contributed by atoms with Gasteiger partial charge in [-0.2, -0.15) is 0 Å². The highest BCUT2D eigenvalue weighted by Gasteiger charge is 2.38. The van der Waals surface area contributed by atoms with Crippen LogP contribution in [0.1, 0.15) is 41.9 Å². The van der Waals surface area contributed by atoms with Crippen LogP contribution in [0.25, 0.3) is 11.1 Å². The Hall–Kier alpha value is -2.41. The number of carbonyl (C=O) groups is 2. The summed E-state index contributed by atoms with van der Waals surface area (Å²) in [6, 6.07) is 5.62. The number of rotatable bonds is 7. The molecule has 1 amide bonds. The minimum Gasteiger partial charge on any atom is -0.480 e. The smallest absolute Gasteiger partial charge is 0.317 e. The van der Waals surface area contributed by atoms with Crippen molar-refractivity contribution in [3.63, 3.8) is 0 Å². The Morgan fingerprint density at radius 3 is 2.81 bits per heavy atom. The average molecular weight is 357 g/mol. The van der Waals surface area contributed by atoms with E-state index in [0.29, 0.717) is 17.0 Å². The predicted molar refractivity (Wildman–Crippen MR) is 95.0 cm³/mol. The molecule has 0 aliphatic heterocycles. The van der Waals surface area contributed by atoms with Gasteiger partial charge in [-0.25, -0.2) is 4.98 Å². The molecule has 0 saturated heterocycles. The van der Waals surface area contributed by atoms with Crippen molar-refractivity contribution in [3.05, 3.63) is 29.7 Å². The lowest BCUT2D eigenvalue weighted by atomic mass is 9.85. The summed E-state index contributed by atoms with van der Waals surface area (Å²) in [5, 5.41) is 12.1. The van der Waals surface area contributed by atoms with E-state index in [1.54, 1.807) is 6.07 Å².